The molecule has 192 valence electrons. The van der Waals surface area contributed by atoms with Crippen molar-refractivity contribution >= 4 is 11.8 Å². The maximum Gasteiger partial charge on any atom is 0.410 e. The first kappa shape index (κ1) is 26.8. The number of hydrazine groups is 1. The van der Waals surface area contributed by atoms with Crippen LogP contribution in [-0.4, -0.2) is 52.7 Å². The van der Waals surface area contributed by atoms with Crippen LogP contribution in [-0.2, 0) is 24.2 Å². The lowest BCUT2D eigenvalue weighted by Crippen LogP contribution is -2.33. The summed E-state index contributed by atoms with van der Waals surface area (Å²) in [6.45, 7) is 1.01. The second-order valence-electron chi connectivity index (χ2n) is 8.80. The summed E-state index contributed by atoms with van der Waals surface area (Å²) in [6.07, 6.45) is -0.975. The summed E-state index contributed by atoms with van der Waals surface area (Å²) in [6, 6.07) is 23.3. The first-order valence-corrected chi connectivity index (χ1v) is 11.8. The van der Waals surface area contributed by atoms with Crippen molar-refractivity contribution in [3.63, 3.8) is 0 Å². The molecule has 0 saturated carbocycles. The molecular weight excluding hydrogens is 456 g/mol. The minimum absolute atomic E-state index is 0.355. The Hall–Kier alpha value is -3.75. The molecule has 2 N–H and O–H groups in total. The highest BCUT2D eigenvalue weighted by atomic mass is 16.7. The number of benzene rings is 3. The molecule has 0 radical (unpaired) electrons. The maximum atomic E-state index is 12.7. The fourth-order valence-electron chi connectivity index (χ4n) is 3.44. The van der Waals surface area contributed by atoms with E-state index in [9.17, 15) is 4.79 Å². The molecule has 36 heavy (non-hydrogen) atoms. The van der Waals surface area contributed by atoms with Gasteiger partial charge in [0.1, 0.15) is 11.5 Å². The Morgan fingerprint density at radius 2 is 1.53 bits per heavy atom. The van der Waals surface area contributed by atoms with Crippen molar-refractivity contribution in [1.82, 2.24) is 15.8 Å². The predicted octanol–water partition coefficient (Wildman–Crippen LogP) is 4.20. The predicted molar refractivity (Wildman–Crippen MR) is 142 cm³/mol. The lowest BCUT2D eigenvalue weighted by Gasteiger charge is -2.21. The molecule has 0 spiro atoms. The third-order valence-corrected chi connectivity index (χ3v) is 5.45. The van der Waals surface area contributed by atoms with Crippen LogP contribution in [0.2, 0.25) is 0 Å². The van der Waals surface area contributed by atoms with Gasteiger partial charge in [-0.15, -0.1) is 0 Å². The van der Waals surface area contributed by atoms with Crippen LogP contribution in [0.3, 0.4) is 0 Å². The van der Waals surface area contributed by atoms with Gasteiger partial charge in [-0.3, -0.25) is 10.4 Å². The number of nitrogens with zero attached hydrogens (tertiary/aromatic N) is 2. The molecule has 0 heterocycles. The van der Waals surface area contributed by atoms with Gasteiger partial charge in [0, 0.05) is 53.4 Å². The number of nitrogens with one attached hydrogen (secondary N) is 2. The molecule has 1 amide bonds. The Morgan fingerprint density at radius 3 is 2.17 bits per heavy atom. The first-order valence-electron chi connectivity index (χ1n) is 11.8. The third-order valence-electron chi connectivity index (χ3n) is 5.45. The number of hydrogen-bond donors (Lipinski definition) is 2. The van der Waals surface area contributed by atoms with E-state index in [4.69, 9.17) is 14.2 Å². The summed E-state index contributed by atoms with van der Waals surface area (Å²) in [5.74, 6) is 1.38. The molecule has 3 rings (SSSR count). The van der Waals surface area contributed by atoms with Crippen molar-refractivity contribution in [3.8, 4) is 11.5 Å². The number of rotatable bonds is 12. The molecule has 3 aromatic carbocycles. The molecule has 0 aromatic heterocycles. The Labute approximate surface area is 213 Å². The summed E-state index contributed by atoms with van der Waals surface area (Å²) in [4.78, 5) is 14.7. The van der Waals surface area contributed by atoms with Crippen LogP contribution < -0.4 is 25.1 Å². The van der Waals surface area contributed by atoms with E-state index in [2.05, 4.69) is 10.7 Å². The van der Waals surface area contributed by atoms with Crippen LogP contribution in [0.1, 0.15) is 16.7 Å². The molecule has 0 aliphatic carbocycles. The van der Waals surface area contributed by atoms with Gasteiger partial charge in [0.05, 0.1) is 7.11 Å². The topological polar surface area (TPSA) is 75.3 Å². The molecule has 0 bridgehead atoms. The highest BCUT2D eigenvalue weighted by Gasteiger charge is 2.18. The Morgan fingerprint density at radius 1 is 0.833 bits per heavy atom. The van der Waals surface area contributed by atoms with Gasteiger partial charge in [0.2, 0.25) is 6.29 Å². The largest absolute Gasteiger partial charge is 0.497 e. The zero-order chi connectivity index (χ0) is 25.9. The van der Waals surface area contributed by atoms with E-state index in [0.717, 1.165) is 28.1 Å². The summed E-state index contributed by atoms with van der Waals surface area (Å²) in [7, 11) is 9.48. The summed E-state index contributed by atoms with van der Waals surface area (Å²) >= 11 is 0. The second kappa shape index (κ2) is 13.4. The van der Waals surface area contributed by atoms with Crippen LogP contribution in [0.4, 0.5) is 10.5 Å². The molecule has 0 aliphatic heterocycles. The van der Waals surface area contributed by atoms with E-state index in [0.29, 0.717) is 25.3 Å². The number of carbonyl (C=O) groups excluding carboxylic acids is 1. The molecule has 0 saturated heterocycles. The normalized spacial score (nSPS) is 11.6. The summed E-state index contributed by atoms with van der Waals surface area (Å²) < 4.78 is 17.1. The lowest BCUT2D eigenvalue weighted by atomic mass is 10.1. The maximum absolute atomic E-state index is 12.7. The fourth-order valence-corrected chi connectivity index (χ4v) is 3.44. The first-order chi connectivity index (χ1) is 17.3. The van der Waals surface area contributed by atoms with E-state index in [1.807, 2.05) is 111 Å². The number of alkyl carbamates (subject to hydrolysis) is 1. The van der Waals surface area contributed by atoms with E-state index in [1.54, 1.807) is 7.11 Å². The Balaban J connectivity index is 1.66. The smallest absolute Gasteiger partial charge is 0.410 e. The van der Waals surface area contributed by atoms with Gasteiger partial charge < -0.3 is 24.4 Å². The number of ether oxygens (including phenoxy) is 3. The number of amides is 1. The van der Waals surface area contributed by atoms with E-state index >= 15 is 0 Å². The van der Waals surface area contributed by atoms with Crippen LogP contribution in [0.5, 0.6) is 11.5 Å². The van der Waals surface area contributed by atoms with E-state index < -0.39 is 12.4 Å². The quantitative estimate of drug-likeness (QED) is 0.290. The van der Waals surface area contributed by atoms with Gasteiger partial charge in [0.15, 0.2) is 0 Å². The van der Waals surface area contributed by atoms with Crippen molar-refractivity contribution in [2.24, 2.45) is 0 Å². The highest BCUT2D eigenvalue weighted by molar-refractivity contribution is 5.67. The zero-order valence-corrected chi connectivity index (χ0v) is 21.7. The van der Waals surface area contributed by atoms with Crippen molar-refractivity contribution in [2.75, 3.05) is 40.2 Å². The molecule has 1 unspecified atom stereocenters. The number of methoxy groups -OCH3 is 1. The Bertz CT molecular complexity index is 1090. The second-order valence-corrected chi connectivity index (χ2v) is 8.80. The molecule has 3 aromatic rings. The van der Waals surface area contributed by atoms with Crippen LogP contribution in [0.25, 0.3) is 0 Å². The summed E-state index contributed by atoms with van der Waals surface area (Å²) in [5, 5.41) is 4.71. The van der Waals surface area contributed by atoms with Crippen LogP contribution in [0, 0.1) is 0 Å². The van der Waals surface area contributed by atoms with Crippen LogP contribution >= 0.6 is 0 Å². The van der Waals surface area contributed by atoms with Gasteiger partial charge >= 0.3 is 6.09 Å². The minimum atomic E-state index is -0.813. The lowest BCUT2D eigenvalue weighted by molar-refractivity contribution is -0.0314. The molecule has 0 aliphatic rings. The van der Waals surface area contributed by atoms with Crippen molar-refractivity contribution < 1.29 is 19.0 Å². The molecule has 1 atom stereocenters. The summed E-state index contributed by atoms with van der Waals surface area (Å²) in [5.41, 5.74) is 7.32. The van der Waals surface area contributed by atoms with Gasteiger partial charge in [-0.05, 0) is 53.1 Å². The van der Waals surface area contributed by atoms with Gasteiger partial charge in [-0.1, -0.05) is 36.4 Å². The number of hydrogen-bond acceptors (Lipinski definition) is 7. The van der Waals surface area contributed by atoms with Crippen molar-refractivity contribution in [2.45, 2.75) is 25.8 Å². The zero-order valence-electron chi connectivity index (χ0n) is 21.7. The number of anilines is 1. The van der Waals surface area contributed by atoms with Crippen LogP contribution in [0.15, 0.2) is 72.8 Å². The Kier molecular flexibility index (Phi) is 9.97. The molecule has 0 fully saturated rings. The van der Waals surface area contributed by atoms with Crippen molar-refractivity contribution in [3.05, 3.63) is 89.5 Å². The minimum Gasteiger partial charge on any atom is -0.497 e. The van der Waals surface area contributed by atoms with E-state index in [-0.39, 0.29) is 0 Å². The fraction of sp³-hybridized carbons (Fsp3) is 0.321. The van der Waals surface area contributed by atoms with Gasteiger partial charge in [0.25, 0.3) is 0 Å². The average Bonchev–Trinajstić information content (AvgIpc) is 2.87. The van der Waals surface area contributed by atoms with Gasteiger partial charge in [-0.25, -0.2) is 4.79 Å². The van der Waals surface area contributed by atoms with Gasteiger partial charge in [-0.2, -0.15) is 0 Å². The standard InChI is InChI=1S/C28H36N4O4/c1-31(2)24-13-9-22(10-14-24)19-29-28(33)36-27(18-21-11-15-25(34-5)16-12-21)35-26-8-6-7-23(17-26)20-30-32(3)4/h6-17,27,30H,18-20H2,1-5H3,(H,29,33). The average molecular weight is 493 g/mol. The van der Waals surface area contributed by atoms with E-state index in [1.165, 1.54) is 0 Å². The number of carbonyl (C=O) groups is 1. The molecule has 8 heteroatoms. The van der Waals surface area contributed by atoms with Crippen molar-refractivity contribution in [1.29, 1.82) is 0 Å². The monoisotopic (exact) mass is 492 g/mol. The highest BCUT2D eigenvalue weighted by Crippen LogP contribution is 2.19. The third kappa shape index (κ3) is 8.79. The SMILES string of the molecule is COc1ccc(CC(OC(=O)NCc2ccc(N(C)C)cc2)Oc2cccc(CNN(C)C)c2)cc1. The molecule has 8 nitrogen and oxygen atoms in total. The molecular formula is C28H36N4O4.